The highest BCUT2D eigenvalue weighted by atomic mass is 16.3. The van der Waals surface area contributed by atoms with E-state index in [2.05, 4.69) is 160 Å². The van der Waals surface area contributed by atoms with Gasteiger partial charge in [0.15, 0.2) is 5.58 Å². The van der Waals surface area contributed by atoms with Crippen molar-refractivity contribution in [2.75, 3.05) is 4.90 Å². The monoisotopic (exact) mass is 601 g/mol. The quantitative estimate of drug-likeness (QED) is 0.201. The zero-order chi connectivity index (χ0) is 30.9. The van der Waals surface area contributed by atoms with Gasteiger partial charge in [0.05, 0.1) is 17.2 Å². The van der Waals surface area contributed by atoms with E-state index in [1.807, 2.05) is 12.3 Å². The predicted molar refractivity (Wildman–Crippen MR) is 196 cm³/mol. The average molecular weight is 602 g/mol. The van der Waals surface area contributed by atoms with E-state index in [4.69, 9.17) is 4.42 Å². The number of para-hydroxylation sites is 1. The third-order valence-corrected chi connectivity index (χ3v) is 9.43. The van der Waals surface area contributed by atoms with Gasteiger partial charge in [0.2, 0.25) is 0 Å². The van der Waals surface area contributed by atoms with Crippen LogP contribution in [0, 0.1) is 0 Å². The third-order valence-electron chi connectivity index (χ3n) is 9.43. The molecule has 0 saturated heterocycles. The lowest BCUT2D eigenvalue weighted by atomic mass is 10.1. The number of anilines is 3. The molecule has 220 valence electrons. The number of hydrogen-bond donors (Lipinski definition) is 0. The summed E-state index contributed by atoms with van der Waals surface area (Å²) in [7, 11) is 0. The standard InChI is InChI=1S/C43H27N3O/c1-2-9-30-25-33(15-13-28(30)7-1)45(34-20-22-41-39(26-34)37-23-24-44-27-42(37)47-41)31-16-18-32(19-17-31)46-40-12-6-5-11-36(40)38-21-14-29-8-3-4-10-35(29)43(38)46/h1-27H. The van der Waals surface area contributed by atoms with Crippen LogP contribution in [0.2, 0.25) is 0 Å². The van der Waals surface area contributed by atoms with E-state index in [1.54, 1.807) is 6.20 Å². The van der Waals surface area contributed by atoms with E-state index >= 15 is 0 Å². The Morgan fingerprint density at radius 3 is 2.06 bits per heavy atom. The molecule has 10 rings (SSSR count). The Hall–Kier alpha value is -6.39. The molecule has 10 aromatic rings. The van der Waals surface area contributed by atoms with Crippen LogP contribution in [0.5, 0.6) is 0 Å². The van der Waals surface area contributed by atoms with Gasteiger partial charge in [-0.3, -0.25) is 4.98 Å². The number of fused-ring (bicyclic) bond motifs is 9. The summed E-state index contributed by atoms with van der Waals surface area (Å²) < 4.78 is 8.54. The first-order chi connectivity index (χ1) is 23.3. The van der Waals surface area contributed by atoms with Crippen molar-refractivity contribution >= 4 is 82.4 Å². The topological polar surface area (TPSA) is 34.2 Å². The Kier molecular flexibility index (Phi) is 5.54. The van der Waals surface area contributed by atoms with E-state index in [-0.39, 0.29) is 0 Å². The summed E-state index contributed by atoms with van der Waals surface area (Å²) in [6.07, 6.45) is 3.61. The fourth-order valence-corrected chi connectivity index (χ4v) is 7.27. The number of furan rings is 1. The molecule has 0 atom stereocenters. The number of pyridine rings is 1. The molecular weight excluding hydrogens is 574 g/mol. The van der Waals surface area contributed by atoms with Crippen molar-refractivity contribution in [3.05, 3.63) is 164 Å². The maximum absolute atomic E-state index is 6.13. The Bertz CT molecular complexity index is 2810. The summed E-state index contributed by atoms with van der Waals surface area (Å²) >= 11 is 0. The number of nitrogens with zero attached hydrogens (tertiary/aromatic N) is 3. The molecule has 0 fully saturated rings. The van der Waals surface area contributed by atoms with Crippen molar-refractivity contribution in [1.29, 1.82) is 0 Å². The van der Waals surface area contributed by atoms with E-state index in [9.17, 15) is 0 Å². The fourth-order valence-electron chi connectivity index (χ4n) is 7.27. The summed E-state index contributed by atoms with van der Waals surface area (Å²) in [5.74, 6) is 0. The van der Waals surface area contributed by atoms with Gasteiger partial charge in [-0.25, -0.2) is 0 Å². The maximum atomic E-state index is 6.13. The second kappa shape index (κ2) is 10.1. The molecule has 0 aliphatic rings. The van der Waals surface area contributed by atoms with Crippen LogP contribution in [-0.2, 0) is 0 Å². The first kappa shape index (κ1) is 25.9. The minimum atomic E-state index is 0.792. The highest BCUT2D eigenvalue weighted by Gasteiger charge is 2.18. The lowest BCUT2D eigenvalue weighted by Crippen LogP contribution is -2.10. The largest absolute Gasteiger partial charge is 0.454 e. The Morgan fingerprint density at radius 2 is 1.17 bits per heavy atom. The minimum Gasteiger partial charge on any atom is -0.454 e. The molecule has 4 heteroatoms. The highest BCUT2D eigenvalue weighted by molar-refractivity contribution is 6.18. The first-order valence-corrected chi connectivity index (χ1v) is 15.9. The molecule has 3 aromatic heterocycles. The Morgan fingerprint density at radius 1 is 0.468 bits per heavy atom. The van der Waals surface area contributed by atoms with E-state index in [0.29, 0.717) is 0 Å². The van der Waals surface area contributed by atoms with Crippen molar-refractivity contribution in [2.24, 2.45) is 0 Å². The maximum Gasteiger partial charge on any atom is 0.153 e. The smallest absolute Gasteiger partial charge is 0.153 e. The molecule has 0 spiro atoms. The first-order valence-electron chi connectivity index (χ1n) is 15.9. The van der Waals surface area contributed by atoms with E-state index in [1.165, 1.54) is 43.4 Å². The van der Waals surface area contributed by atoms with Crippen molar-refractivity contribution in [1.82, 2.24) is 9.55 Å². The van der Waals surface area contributed by atoms with Crippen LogP contribution in [0.1, 0.15) is 0 Å². The molecule has 7 aromatic carbocycles. The number of aromatic nitrogens is 2. The van der Waals surface area contributed by atoms with Gasteiger partial charge in [-0.15, -0.1) is 0 Å². The molecular formula is C43H27N3O. The predicted octanol–water partition coefficient (Wildman–Crippen LogP) is 11.9. The molecule has 0 unspecified atom stereocenters. The fraction of sp³-hybridized carbons (Fsp3) is 0. The molecule has 0 radical (unpaired) electrons. The summed E-state index contributed by atoms with van der Waals surface area (Å²) in [5.41, 5.74) is 8.42. The van der Waals surface area contributed by atoms with Crippen molar-refractivity contribution < 1.29 is 4.42 Å². The van der Waals surface area contributed by atoms with Crippen LogP contribution < -0.4 is 4.90 Å². The highest BCUT2D eigenvalue weighted by Crippen LogP contribution is 2.41. The normalized spacial score (nSPS) is 11.8. The summed E-state index contributed by atoms with van der Waals surface area (Å²) in [6, 6.07) is 54.5. The molecule has 0 aliphatic heterocycles. The van der Waals surface area contributed by atoms with Crippen LogP contribution in [0.4, 0.5) is 17.1 Å². The van der Waals surface area contributed by atoms with E-state index < -0.39 is 0 Å². The second-order valence-electron chi connectivity index (χ2n) is 12.1. The van der Waals surface area contributed by atoms with Gasteiger partial charge in [0.25, 0.3) is 0 Å². The van der Waals surface area contributed by atoms with Gasteiger partial charge in [-0.1, -0.05) is 84.9 Å². The van der Waals surface area contributed by atoms with Gasteiger partial charge in [0, 0.05) is 55.9 Å². The van der Waals surface area contributed by atoms with Crippen molar-refractivity contribution in [3.8, 4) is 5.69 Å². The van der Waals surface area contributed by atoms with Gasteiger partial charge in [0.1, 0.15) is 5.58 Å². The summed E-state index contributed by atoms with van der Waals surface area (Å²) in [6.45, 7) is 0. The zero-order valence-corrected chi connectivity index (χ0v) is 25.3. The van der Waals surface area contributed by atoms with Gasteiger partial charge in [-0.2, -0.15) is 0 Å². The minimum absolute atomic E-state index is 0.792. The average Bonchev–Trinajstić information content (AvgIpc) is 3.68. The number of hydrogen-bond acceptors (Lipinski definition) is 3. The molecule has 0 aliphatic carbocycles. The van der Waals surface area contributed by atoms with Crippen molar-refractivity contribution in [2.45, 2.75) is 0 Å². The summed E-state index contributed by atoms with van der Waals surface area (Å²) in [5, 5.41) is 9.55. The van der Waals surface area contributed by atoms with Crippen LogP contribution >= 0.6 is 0 Å². The molecule has 0 N–H and O–H groups in total. The molecule has 47 heavy (non-hydrogen) atoms. The van der Waals surface area contributed by atoms with Gasteiger partial charge >= 0.3 is 0 Å². The van der Waals surface area contributed by atoms with Crippen LogP contribution in [0.25, 0.3) is 71.0 Å². The molecule has 0 bridgehead atoms. The molecule has 3 heterocycles. The van der Waals surface area contributed by atoms with Gasteiger partial charge in [-0.05, 0) is 82.9 Å². The number of benzene rings is 7. The van der Waals surface area contributed by atoms with Crippen LogP contribution in [0.3, 0.4) is 0 Å². The zero-order valence-electron chi connectivity index (χ0n) is 25.3. The van der Waals surface area contributed by atoms with Gasteiger partial charge < -0.3 is 13.9 Å². The number of rotatable bonds is 4. The third kappa shape index (κ3) is 3.98. The van der Waals surface area contributed by atoms with E-state index in [0.717, 1.165) is 44.7 Å². The summed E-state index contributed by atoms with van der Waals surface area (Å²) in [4.78, 5) is 6.60. The Balaban J connectivity index is 1.18. The molecule has 4 nitrogen and oxygen atoms in total. The molecule has 0 amide bonds. The Labute approximate surface area is 270 Å². The van der Waals surface area contributed by atoms with Crippen molar-refractivity contribution in [3.63, 3.8) is 0 Å². The molecule has 0 saturated carbocycles. The van der Waals surface area contributed by atoms with Crippen LogP contribution in [0.15, 0.2) is 168 Å². The SMILES string of the molecule is c1ccc2cc(N(c3ccc(-n4c5ccccc5c5ccc6ccccc6c54)cc3)c3ccc4oc5cnccc5c4c3)ccc2c1. The lowest BCUT2D eigenvalue weighted by molar-refractivity contribution is 0.667. The lowest BCUT2D eigenvalue weighted by Gasteiger charge is -2.26. The second-order valence-corrected chi connectivity index (χ2v) is 12.1. The van der Waals surface area contributed by atoms with Crippen LogP contribution in [-0.4, -0.2) is 9.55 Å².